The van der Waals surface area contributed by atoms with Crippen LogP contribution in [0.1, 0.15) is 16.8 Å². The van der Waals surface area contributed by atoms with Crippen molar-refractivity contribution >= 4 is 45.3 Å². The summed E-state index contributed by atoms with van der Waals surface area (Å²) in [6.07, 6.45) is 1.75. The van der Waals surface area contributed by atoms with Crippen molar-refractivity contribution in [2.45, 2.75) is 17.4 Å². The zero-order valence-corrected chi connectivity index (χ0v) is 13.8. The van der Waals surface area contributed by atoms with E-state index in [9.17, 15) is 28.2 Å². The molecule has 0 unspecified atom stereocenters. The highest BCUT2D eigenvalue weighted by Crippen LogP contribution is 2.23. The first kappa shape index (κ1) is 18.8. The lowest BCUT2D eigenvalue weighted by molar-refractivity contribution is -0.308. The number of carbonyl (C=O) groups is 2. The van der Waals surface area contributed by atoms with Crippen LogP contribution in [0, 0.1) is 0 Å². The third kappa shape index (κ3) is 4.87. The molecule has 0 radical (unpaired) electrons. The van der Waals surface area contributed by atoms with Crippen molar-refractivity contribution in [3.05, 3.63) is 28.8 Å². The lowest BCUT2D eigenvalue weighted by Gasteiger charge is -2.20. The summed E-state index contributed by atoms with van der Waals surface area (Å²) in [5.74, 6) is -2.76. The zero-order chi connectivity index (χ0) is 16.9. The van der Waals surface area contributed by atoms with E-state index in [1.54, 1.807) is 6.26 Å². The van der Waals surface area contributed by atoms with Crippen molar-refractivity contribution in [3.8, 4) is 0 Å². The van der Waals surface area contributed by atoms with Gasteiger partial charge in [-0.05, 0) is 36.1 Å². The summed E-state index contributed by atoms with van der Waals surface area (Å²) in [7, 11) is -4.32. The number of benzene rings is 1. The van der Waals surface area contributed by atoms with Gasteiger partial charge in [0.15, 0.2) is 0 Å². The predicted octanol–water partition coefficient (Wildman–Crippen LogP) is -1.15. The maximum Gasteiger partial charge on any atom is 0.242 e. The zero-order valence-electron chi connectivity index (χ0n) is 11.4. The predicted molar refractivity (Wildman–Crippen MR) is 77.9 cm³/mol. The Morgan fingerprint density at radius 2 is 2.00 bits per heavy atom. The third-order valence-corrected chi connectivity index (χ3v) is 5.25. The second kappa shape index (κ2) is 7.82. The number of halogens is 1. The summed E-state index contributed by atoms with van der Waals surface area (Å²) < 4.78 is 26.3. The molecule has 0 spiro atoms. The average molecular weight is 366 g/mol. The fourth-order valence-corrected chi connectivity index (χ4v) is 3.76. The molecule has 22 heavy (non-hydrogen) atoms. The van der Waals surface area contributed by atoms with Gasteiger partial charge in [0.2, 0.25) is 10.0 Å². The van der Waals surface area contributed by atoms with Crippen LogP contribution in [0.15, 0.2) is 23.1 Å². The van der Waals surface area contributed by atoms with Crippen LogP contribution >= 0.6 is 23.4 Å². The highest BCUT2D eigenvalue weighted by molar-refractivity contribution is 7.98. The maximum absolute atomic E-state index is 12.2. The monoisotopic (exact) mass is 365 g/mol. The van der Waals surface area contributed by atoms with Crippen LogP contribution in [0.25, 0.3) is 0 Å². The van der Waals surface area contributed by atoms with Gasteiger partial charge in [-0.15, -0.1) is 0 Å². The molecule has 0 fully saturated rings. The van der Waals surface area contributed by atoms with E-state index in [1.807, 2.05) is 4.72 Å². The smallest absolute Gasteiger partial charge is 0.242 e. The number of carboxylic acids is 2. The number of thioether (sulfide) groups is 1. The molecular formula is C12H12ClNO6S2-2. The number of aromatic carboxylic acids is 1. The van der Waals surface area contributed by atoms with Crippen molar-refractivity contribution in [2.24, 2.45) is 0 Å². The Balaban J connectivity index is 3.15. The first-order valence-corrected chi connectivity index (χ1v) is 9.17. The first-order chi connectivity index (χ1) is 10.2. The van der Waals surface area contributed by atoms with E-state index in [1.165, 1.54) is 11.8 Å². The van der Waals surface area contributed by atoms with E-state index < -0.39 is 32.9 Å². The van der Waals surface area contributed by atoms with Crippen molar-refractivity contribution in [3.63, 3.8) is 0 Å². The van der Waals surface area contributed by atoms with E-state index in [0.717, 1.165) is 18.2 Å². The summed E-state index contributed by atoms with van der Waals surface area (Å²) in [5, 5.41) is 21.5. The minimum absolute atomic E-state index is 0.0144. The molecule has 0 saturated heterocycles. The molecule has 0 aliphatic rings. The molecule has 0 amide bonds. The molecule has 1 atom stereocenters. The van der Waals surface area contributed by atoms with E-state index in [4.69, 9.17) is 11.6 Å². The fourth-order valence-electron chi connectivity index (χ4n) is 1.55. The van der Waals surface area contributed by atoms with Crippen LogP contribution in [0.3, 0.4) is 0 Å². The van der Waals surface area contributed by atoms with Crippen LogP contribution in [0.5, 0.6) is 0 Å². The van der Waals surface area contributed by atoms with Gasteiger partial charge in [0.1, 0.15) is 4.90 Å². The Labute approximate surface area is 136 Å². The fraction of sp³-hybridized carbons (Fsp3) is 0.333. The molecule has 7 nitrogen and oxygen atoms in total. The molecule has 1 N–H and O–H groups in total. The van der Waals surface area contributed by atoms with Crippen LogP contribution in [0.2, 0.25) is 5.02 Å². The quantitative estimate of drug-likeness (QED) is 0.616. The normalized spacial score (nSPS) is 12.8. The van der Waals surface area contributed by atoms with Gasteiger partial charge in [-0.3, -0.25) is 0 Å². The van der Waals surface area contributed by atoms with Crippen molar-refractivity contribution in [1.29, 1.82) is 0 Å². The van der Waals surface area contributed by atoms with Crippen LogP contribution < -0.4 is 14.9 Å². The average Bonchev–Trinajstić information content (AvgIpc) is 2.43. The van der Waals surface area contributed by atoms with Crippen LogP contribution in [-0.4, -0.2) is 38.4 Å². The summed E-state index contributed by atoms with van der Waals surface area (Å²) in [5.41, 5.74) is -0.390. The SMILES string of the molecule is CSCC[C@H](NS(=O)(=O)c1cc(C(=O)[O-])ccc1Cl)C(=O)[O-]. The largest absolute Gasteiger partial charge is 0.548 e. The molecule has 1 rings (SSSR count). The van der Waals surface area contributed by atoms with E-state index in [0.29, 0.717) is 5.75 Å². The van der Waals surface area contributed by atoms with Gasteiger partial charge >= 0.3 is 0 Å². The summed E-state index contributed by atoms with van der Waals surface area (Å²) in [6.45, 7) is 0. The Morgan fingerprint density at radius 3 is 2.50 bits per heavy atom. The number of nitrogens with one attached hydrogen (secondary N) is 1. The second-order valence-corrected chi connectivity index (χ2v) is 7.28. The number of hydrogen-bond acceptors (Lipinski definition) is 7. The lowest BCUT2D eigenvalue weighted by Crippen LogP contribution is -2.48. The minimum atomic E-state index is -4.32. The summed E-state index contributed by atoms with van der Waals surface area (Å²) in [4.78, 5) is 21.2. The number of carbonyl (C=O) groups excluding carboxylic acids is 2. The molecule has 0 saturated carbocycles. The standard InChI is InChI=1S/C12H14ClNO6S2/c1-21-5-4-9(12(17)18)14-22(19,20)10-6-7(11(15)16)2-3-8(10)13/h2-3,6,9,14H,4-5H2,1H3,(H,15,16)(H,17,18)/p-2/t9-/m0/s1. The van der Waals surface area contributed by atoms with Gasteiger partial charge in [-0.1, -0.05) is 17.7 Å². The second-order valence-electron chi connectivity index (χ2n) is 4.21. The lowest BCUT2D eigenvalue weighted by atomic mass is 10.2. The Morgan fingerprint density at radius 1 is 1.36 bits per heavy atom. The molecule has 0 aliphatic heterocycles. The Hall–Kier alpha value is -1.29. The van der Waals surface area contributed by atoms with Gasteiger partial charge in [0.05, 0.1) is 23.0 Å². The molecule has 0 aromatic heterocycles. The number of carboxylic acid groups (broad SMARTS) is 2. The molecule has 10 heteroatoms. The minimum Gasteiger partial charge on any atom is -0.548 e. The van der Waals surface area contributed by atoms with E-state index in [2.05, 4.69) is 0 Å². The molecule has 0 bridgehead atoms. The molecule has 1 aromatic carbocycles. The van der Waals surface area contributed by atoms with Gasteiger partial charge < -0.3 is 19.8 Å². The highest BCUT2D eigenvalue weighted by atomic mass is 35.5. The Bertz CT molecular complexity index is 676. The molecule has 0 aliphatic carbocycles. The van der Waals surface area contributed by atoms with Gasteiger partial charge in [-0.2, -0.15) is 11.8 Å². The molecular weight excluding hydrogens is 354 g/mol. The molecule has 0 heterocycles. The summed E-state index contributed by atoms with van der Waals surface area (Å²) in [6, 6.07) is 1.53. The van der Waals surface area contributed by atoms with Gasteiger partial charge in [-0.25, -0.2) is 13.1 Å². The topological polar surface area (TPSA) is 126 Å². The highest BCUT2D eigenvalue weighted by Gasteiger charge is 2.23. The van der Waals surface area contributed by atoms with Crippen LogP contribution in [0.4, 0.5) is 0 Å². The Kier molecular flexibility index (Phi) is 6.66. The molecule has 122 valence electrons. The van der Waals surface area contributed by atoms with Crippen molar-refractivity contribution < 1.29 is 28.2 Å². The third-order valence-electron chi connectivity index (χ3n) is 2.65. The first-order valence-electron chi connectivity index (χ1n) is 5.92. The van der Waals surface area contributed by atoms with E-state index in [-0.39, 0.29) is 17.0 Å². The summed E-state index contributed by atoms with van der Waals surface area (Å²) >= 11 is 7.09. The van der Waals surface area contributed by atoms with E-state index >= 15 is 0 Å². The number of sulfonamides is 1. The number of hydrogen-bond donors (Lipinski definition) is 1. The molecule has 1 aromatic rings. The number of rotatable bonds is 8. The van der Waals surface area contributed by atoms with Crippen molar-refractivity contribution in [1.82, 2.24) is 4.72 Å². The number of aliphatic carboxylic acids is 1. The van der Waals surface area contributed by atoms with Crippen LogP contribution in [-0.2, 0) is 14.8 Å². The van der Waals surface area contributed by atoms with Crippen molar-refractivity contribution in [2.75, 3.05) is 12.0 Å². The maximum atomic E-state index is 12.2. The van der Waals surface area contributed by atoms with Gasteiger partial charge in [0, 0.05) is 0 Å². The van der Waals surface area contributed by atoms with Gasteiger partial charge in [0.25, 0.3) is 0 Å².